The van der Waals surface area contributed by atoms with Crippen LogP contribution in [0, 0.1) is 0 Å². The molecule has 1 aromatic heterocycles. The molecule has 0 saturated carbocycles. The summed E-state index contributed by atoms with van der Waals surface area (Å²) in [5, 5.41) is 7.54. The van der Waals surface area contributed by atoms with Crippen molar-refractivity contribution in [1.82, 2.24) is 25.1 Å². The molecule has 220 valence electrons. The molecule has 2 N–H and O–H groups in total. The number of piperazine rings is 1. The molecule has 3 aromatic carbocycles. The number of carbonyl (C=O) groups is 1. The lowest BCUT2D eigenvalue weighted by Gasteiger charge is -2.32. The Balaban J connectivity index is 1.13. The van der Waals surface area contributed by atoms with Crippen LogP contribution < -0.4 is 10.6 Å². The standard InChI is InChI=1S/C33H33Cl2N7O/c1-41-15-17-42(18-16-41)14-4-13-36-32(43)22-7-10-25(11-8-22)39-33-38-21-23-20-37-31(27-5-2-3-6-29(27)35)28-19-24(34)9-12-26(28)30(23)40-33/h2-3,5-12,19,21H,4,13-18,20H2,1H3,(H,36,43)(H,38,39,40). The number of halogens is 2. The van der Waals surface area contributed by atoms with Crippen molar-refractivity contribution in [2.75, 3.05) is 51.6 Å². The molecule has 6 rings (SSSR count). The molecule has 10 heteroatoms. The molecule has 0 atom stereocenters. The normalized spacial score (nSPS) is 15.2. The van der Waals surface area contributed by atoms with E-state index < -0.39 is 0 Å². The molecule has 8 nitrogen and oxygen atoms in total. The zero-order valence-corrected chi connectivity index (χ0v) is 25.5. The van der Waals surface area contributed by atoms with Crippen LogP contribution in [0.3, 0.4) is 0 Å². The molecule has 0 unspecified atom stereocenters. The molecule has 1 saturated heterocycles. The fourth-order valence-corrected chi connectivity index (χ4v) is 5.78. The van der Waals surface area contributed by atoms with Gasteiger partial charge < -0.3 is 20.4 Å². The Morgan fingerprint density at radius 3 is 2.51 bits per heavy atom. The van der Waals surface area contributed by atoms with Crippen LogP contribution in [-0.2, 0) is 6.54 Å². The van der Waals surface area contributed by atoms with Crippen LogP contribution in [0.5, 0.6) is 0 Å². The number of carbonyl (C=O) groups excluding carboxylic acids is 1. The number of likely N-dealkylation sites (N-methyl/N-ethyl adjacent to an activating group) is 1. The highest BCUT2D eigenvalue weighted by Crippen LogP contribution is 2.35. The number of rotatable bonds is 8. The molecular weight excluding hydrogens is 581 g/mol. The fraction of sp³-hybridized carbons (Fsp3) is 0.273. The number of benzene rings is 3. The maximum Gasteiger partial charge on any atom is 0.251 e. The summed E-state index contributed by atoms with van der Waals surface area (Å²) in [6.45, 7) is 6.44. The number of nitrogens with zero attached hydrogens (tertiary/aromatic N) is 5. The molecule has 3 heterocycles. The number of aromatic nitrogens is 2. The molecule has 2 aliphatic rings. The number of hydrogen-bond acceptors (Lipinski definition) is 7. The number of hydrogen-bond donors (Lipinski definition) is 2. The summed E-state index contributed by atoms with van der Waals surface area (Å²) in [4.78, 5) is 31.8. The average Bonchev–Trinajstić information content (AvgIpc) is 3.17. The molecule has 1 amide bonds. The van der Waals surface area contributed by atoms with Crippen molar-refractivity contribution in [2.24, 2.45) is 4.99 Å². The highest BCUT2D eigenvalue weighted by Gasteiger charge is 2.23. The van der Waals surface area contributed by atoms with E-state index in [0.29, 0.717) is 34.6 Å². The van der Waals surface area contributed by atoms with Crippen molar-refractivity contribution >= 4 is 46.5 Å². The van der Waals surface area contributed by atoms with Crippen molar-refractivity contribution in [3.8, 4) is 11.3 Å². The summed E-state index contributed by atoms with van der Waals surface area (Å²) < 4.78 is 0. The van der Waals surface area contributed by atoms with Crippen LogP contribution in [0.4, 0.5) is 11.6 Å². The fourth-order valence-electron chi connectivity index (χ4n) is 5.38. The largest absolute Gasteiger partial charge is 0.352 e. The van der Waals surface area contributed by atoms with Crippen LogP contribution in [-0.4, -0.2) is 77.7 Å². The third-order valence-corrected chi connectivity index (χ3v) is 8.39. The molecular formula is C33H33Cl2N7O. The van der Waals surface area contributed by atoms with Gasteiger partial charge in [-0.2, -0.15) is 0 Å². The SMILES string of the molecule is CN1CCN(CCCNC(=O)c2ccc(Nc3ncc4c(n3)-c3ccc(Cl)cc3C(c3ccccc3Cl)=NC4)cc2)CC1. The maximum atomic E-state index is 12.7. The van der Waals surface area contributed by atoms with Gasteiger partial charge in [0, 0.05) is 82.5 Å². The molecule has 1 fully saturated rings. The van der Waals surface area contributed by atoms with Crippen molar-refractivity contribution in [2.45, 2.75) is 13.0 Å². The number of aliphatic imine (C=N–C) groups is 1. The van der Waals surface area contributed by atoms with Gasteiger partial charge in [0.25, 0.3) is 5.91 Å². The Morgan fingerprint density at radius 1 is 0.930 bits per heavy atom. The van der Waals surface area contributed by atoms with Gasteiger partial charge in [-0.25, -0.2) is 9.97 Å². The highest BCUT2D eigenvalue weighted by molar-refractivity contribution is 6.36. The Morgan fingerprint density at radius 2 is 1.72 bits per heavy atom. The van der Waals surface area contributed by atoms with E-state index >= 15 is 0 Å². The maximum absolute atomic E-state index is 12.7. The van der Waals surface area contributed by atoms with Gasteiger partial charge in [0.2, 0.25) is 5.95 Å². The lowest BCUT2D eigenvalue weighted by molar-refractivity contribution is 0.0949. The monoisotopic (exact) mass is 613 g/mol. The number of amides is 1. The van der Waals surface area contributed by atoms with Gasteiger partial charge in [0.15, 0.2) is 0 Å². The minimum atomic E-state index is -0.0733. The van der Waals surface area contributed by atoms with E-state index in [2.05, 4.69) is 32.5 Å². The van der Waals surface area contributed by atoms with Gasteiger partial charge in [-0.05, 0) is 62.5 Å². The molecule has 43 heavy (non-hydrogen) atoms. The molecule has 0 aliphatic carbocycles. The van der Waals surface area contributed by atoms with Gasteiger partial charge >= 0.3 is 0 Å². The Bertz CT molecular complexity index is 1650. The topological polar surface area (TPSA) is 85.8 Å². The summed E-state index contributed by atoms with van der Waals surface area (Å²) >= 11 is 13.0. The zero-order chi connectivity index (χ0) is 29.8. The van der Waals surface area contributed by atoms with Crippen LogP contribution in [0.2, 0.25) is 10.0 Å². The van der Waals surface area contributed by atoms with Crippen LogP contribution in [0.15, 0.2) is 77.9 Å². The Kier molecular flexibility index (Phi) is 9.00. The molecule has 4 aromatic rings. The Labute approximate surface area is 261 Å². The van der Waals surface area contributed by atoms with E-state index in [4.69, 9.17) is 33.2 Å². The van der Waals surface area contributed by atoms with E-state index in [0.717, 1.165) is 78.5 Å². The summed E-state index contributed by atoms with van der Waals surface area (Å²) in [6, 6.07) is 20.7. The number of fused-ring (bicyclic) bond motifs is 3. The second-order valence-electron chi connectivity index (χ2n) is 10.9. The van der Waals surface area contributed by atoms with Crippen LogP contribution in [0.1, 0.15) is 33.5 Å². The molecule has 0 bridgehead atoms. The quantitative estimate of drug-likeness (QED) is 0.240. The van der Waals surface area contributed by atoms with Crippen molar-refractivity contribution in [1.29, 1.82) is 0 Å². The second-order valence-corrected chi connectivity index (χ2v) is 11.7. The van der Waals surface area contributed by atoms with Crippen LogP contribution >= 0.6 is 23.2 Å². The van der Waals surface area contributed by atoms with Crippen molar-refractivity contribution in [3.05, 3.63) is 105 Å². The summed E-state index contributed by atoms with van der Waals surface area (Å²) in [5.74, 6) is 0.373. The minimum absolute atomic E-state index is 0.0733. The number of nitrogens with one attached hydrogen (secondary N) is 2. The van der Waals surface area contributed by atoms with Crippen molar-refractivity contribution < 1.29 is 4.79 Å². The molecule has 0 radical (unpaired) electrons. The number of anilines is 2. The van der Waals surface area contributed by atoms with E-state index in [1.807, 2.05) is 66.7 Å². The second kappa shape index (κ2) is 13.2. The first kappa shape index (κ1) is 29.3. The highest BCUT2D eigenvalue weighted by atomic mass is 35.5. The Hall–Kier alpha value is -3.82. The van der Waals surface area contributed by atoms with Gasteiger partial charge in [-0.15, -0.1) is 0 Å². The average molecular weight is 615 g/mol. The first-order valence-electron chi connectivity index (χ1n) is 14.5. The molecule has 2 aliphatic heterocycles. The smallest absolute Gasteiger partial charge is 0.251 e. The lowest BCUT2D eigenvalue weighted by atomic mass is 9.95. The first-order chi connectivity index (χ1) is 20.9. The van der Waals surface area contributed by atoms with E-state index in [-0.39, 0.29) is 5.91 Å². The van der Waals surface area contributed by atoms with E-state index in [9.17, 15) is 4.79 Å². The van der Waals surface area contributed by atoms with Crippen molar-refractivity contribution in [3.63, 3.8) is 0 Å². The van der Waals surface area contributed by atoms with E-state index in [1.54, 1.807) is 6.20 Å². The summed E-state index contributed by atoms with van der Waals surface area (Å²) in [7, 11) is 2.16. The first-order valence-corrected chi connectivity index (χ1v) is 15.2. The van der Waals surface area contributed by atoms with E-state index in [1.165, 1.54) is 0 Å². The minimum Gasteiger partial charge on any atom is -0.352 e. The van der Waals surface area contributed by atoms with Gasteiger partial charge in [-0.1, -0.05) is 47.5 Å². The summed E-state index contributed by atoms with van der Waals surface area (Å²) in [5.41, 5.74) is 6.45. The zero-order valence-electron chi connectivity index (χ0n) is 24.0. The third kappa shape index (κ3) is 6.89. The van der Waals surface area contributed by atoms with Crippen LogP contribution in [0.25, 0.3) is 11.3 Å². The predicted molar refractivity (Wildman–Crippen MR) is 174 cm³/mol. The predicted octanol–water partition coefficient (Wildman–Crippen LogP) is 5.91. The van der Waals surface area contributed by atoms with Gasteiger partial charge in [0.1, 0.15) is 0 Å². The summed E-state index contributed by atoms with van der Waals surface area (Å²) in [6.07, 6.45) is 2.73. The van der Waals surface area contributed by atoms with Gasteiger partial charge in [0.05, 0.1) is 18.0 Å². The lowest BCUT2D eigenvalue weighted by Crippen LogP contribution is -2.45. The molecule has 0 spiro atoms. The third-order valence-electron chi connectivity index (χ3n) is 7.83. The van der Waals surface area contributed by atoms with Gasteiger partial charge in [-0.3, -0.25) is 9.79 Å².